The van der Waals surface area contributed by atoms with Crippen LogP contribution in [0.15, 0.2) is 42.5 Å². The Bertz CT molecular complexity index is 797. The van der Waals surface area contributed by atoms with E-state index in [1.54, 1.807) is 0 Å². The molecule has 2 N–H and O–H groups in total. The summed E-state index contributed by atoms with van der Waals surface area (Å²) in [6.07, 6.45) is 1.07. The van der Waals surface area contributed by atoms with Crippen molar-refractivity contribution in [3.8, 4) is 5.75 Å². The van der Waals surface area contributed by atoms with Gasteiger partial charge in [0.25, 0.3) is 5.91 Å². The van der Waals surface area contributed by atoms with Gasteiger partial charge < -0.3 is 20.1 Å². The van der Waals surface area contributed by atoms with E-state index in [9.17, 15) is 14.3 Å². The van der Waals surface area contributed by atoms with Crippen LogP contribution >= 0.6 is 0 Å². The van der Waals surface area contributed by atoms with E-state index in [0.29, 0.717) is 12.1 Å². The van der Waals surface area contributed by atoms with Gasteiger partial charge in [-0.15, -0.1) is 0 Å². The average molecular weight is 400 g/mol. The van der Waals surface area contributed by atoms with Crippen LogP contribution in [0.25, 0.3) is 0 Å². The number of β-amino-alcohol motifs (C(OH)–C–C–N with tert-alkyl or cyclic N) is 1. The Morgan fingerprint density at radius 1 is 1.17 bits per heavy atom. The molecule has 1 atom stereocenters. The van der Waals surface area contributed by atoms with E-state index in [0.717, 1.165) is 42.8 Å². The Morgan fingerprint density at radius 3 is 2.41 bits per heavy atom. The molecule has 3 rings (SSSR count). The lowest BCUT2D eigenvalue weighted by atomic mass is 10.0. The van der Waals surface area contributed by atoms with Crippen LogP contribution in [0.1, 0.15) is 34.3 Å². The number of aliphatic hydroxyl groups excluding tert-OH is 1. The fourth-order valence-electron chi connectivity index (χ4n) is 3.69. The number of aliphatic hydroxyl groups is 1. The molecule has 6 heteroatoms. The molecule has 1 fully saturated rings. The van der Waals surface area contributed by atoms with Crippen LogP contribution in [-0.4, -0.2) is 54.3 Å². The second kappa shape index (κ2) is 9.85. The summed E-state index contributed by atoms with van der Waals surface area (Å²) in [5.74, 6) is 0.254. The van der Waals surface area contributed by atoms with Gasteiger partial charge in [0.1, 0.15) is 24.3 Å². The van der Waals surface area contributed by atoms with Crippen molar-refractivity contribution in [1.82, 2.24) is 10.2 Å². The van der Waals surface area contributed by atoms with Crippen LogP contribution in [-0.2, 0) is 0 Å². The van der Waals surface area contributed by atoms with Gasteiger partial charge in [0.15, 0.2) is 0 Å². The van der Waals surface area contributed by atoms with Crippen LogP contribution in [0.4, 0.5) is 4.39 Å². The van der Waals surface area contributed by atoms with Crippen molar-refractivity contribution in [2.45, 2.75) is 38.8 Å². The van der Waals surface area contributed by atoms with Crippen molar-refractivity contribution in [3.05, 3.63) is 65.0 Å². The third-order valence-corrected chi connectivity index (χ3v) is 5.14. The number of carbonyl (C=O) groups is 1. The Morgan fingerprint density at radius 2 is 1.79 bits per heavy atom. The molecule has 29 heavy (non-hydrogen) atoms. The van der Waals surface area contributed by atoms with E-state index in [1.807, 2.05) is 26.0 Å². The first kappa shape index (κ1) is 21.3. The highest BCUT2D eigenvalue weighted by atomic mass is 19.1. The number of hydrogen-bond donors (Lipinski definition) is 2. The van der Waals surface area contributed by atoms with Crippen molar-refractivity contribution >= 4 is 5.91 Å². The summed E-state index contributed by atoms with van der Waals surface area (Å²) in [7, 11) is 0. The molecule has 1 saturated heterocycles. The molecule has 0 spiro atoms. The topological polar surface area (TPSA) is 61.8 Å². The minimum Gasteiger partial charge on any atom is -0.491 e. The van der Waals surface area contributed by atoms with E-state index < -0.39 is 6.10 Å². The molecule has 0 aromatic heterocycles. The molecule has 1 heterocycles. The summed E-state index contributed by atoms with van der Waals surface area (Å²) in [6, 6.07) is 11.7. The minimum absolute atomic E-state index is 0.0902. The van der Waals surface area contributed by atoms with Crippen molar-refractivity contribution in [1.29, 1.82) is 0 Å². The third kappa shape index (κ3) is 6.54. The molecule has 0 aliphatic carbocycles. The number of ether oxygens (including phenoxy) is 1. The highest BCUT2D eigenvalue weighted by molar-refractivity contribution is 5.94. The first-order chi connectivity index (χ1) is 13.9. The number of hydrogen-bond acceptors (Lipinski definition) is 4. The summed E-state index contributed by atoms with van der Waals surface area (Å²) in [4.78, 5) is 14.4. The van der Waals surface area contributed by atoms with Gasteiger partial charge in [-0.1, -0.05) is 6.07 Å². The van der Waals surface area contributed by atoms with Crippen LogP contribution in [0.5, 0.6) is 5.75 Å². The van der Waals surface area contributed by atoms with Crippen molar-refractivity contribution in [3.63, 3.8) is 0 Å². The Hall–Kier alpha value is -2.44. The zero-order valence-corrected chi connectivity index (χ0v) is 17.0. The number of rotatable bonds is 7. The minimum atomic E-state index is -0.568. The maximum absolute atomic E-state index is 13.0. The summed E-state index contributed by atoms with van der Waals surface area (Å²) in [5.41, 5.74) is 2.74. The molecular weight excluding hydrogens is 371 g/mol. The molecule has 2 aromatic carbocycles. The maximum atomic E-state index is 13.0. The predicted molar refractivity (Wildman–Crippen MR) is 111 cm³/mol. The van der Waals surface area contributed by atoms with Gasteiger partial charge in [-0.25, -0.2) is 4.39 Å². The number of halogens is 1. The molecule has 0 saturated carbocycles. The van der Waals surface area contributed by atoms with Gasteiger partial charge in [-0.3, -0.25) is 4.79 Å². The Kier molecular flexibility index (Phi) is 7.23. The molecule has 2 aromatic rings. The third-order valence-electron chi connectivity index (χ3n) is 5.14. The van der Waals surface area contributed by atoms with E-state index in [2.05, 4.69) is 16.3 Å². The van der Waals surface area contributed by atoms with Crippen molar-refractivity contribution in [2.24, 2.45) is 0 Å². The van der Waals surface area contributed by atoms with Crippen molar-refractivity contribution < 1.29 is 19.0 Å². The lowest BCUT2D eigenvalue weighted by Gasteiger charge is -2.33. The lowest BCUT2D eigenvalue weighted by molar-refractivity contribution is 0.0567. The molecule has 1 aliphatic heterocycles. The number of piperidine rings is 1. The van der Waals surface area contributed by atoms with Gasteiger partial charge in [-0.05, 0) is 74.2 Å². The van der Waals surface area contributed by atoms with E-state index >= 15 is 0 Å². The SMILES string of the molecule is Cc1cc(C)cc(OC[C@@H](O)CN2CCC(NC(=O)c3ccc(F)cc3)CC2)c1. The van der Waals surface area contributed by atoms with E-state index in [4.69, 9.17) is 4.74 Å². The number of carbonyl (C=O) groups excluding carboxylic acids is 1. The first-order valence-corrected chi connectivity index (χ1v) is 10.1. The molecular formula is C23H29FN2O3. The fraction of sp³-hybridized carbons (Fsp3) is 0.435. The van der Waals surface area contributed by atoms with E-state index in [-0.39, 0.29) is 24.4 Å². The van der Waals surface area contributed by atoms with Crippen molar-refractivity contribution in [2.75, 3.05) is 26.2 Å². The van der Waals surface area contributed by atoms with Gasteiger partial charge in [0.05, 0.1) is 0 Å². The number of nitrogens with one attached hydrogen (secondary N) is 1. The molecule has 1 aliphatic rings. The first-order valence-electron chi connectivity index (χ1n) is 10.1. The smallest absolute Gasteiger partial charge is 0.251 e. The fourth-order valence-corrected chi connectivity index (χ4v) is 3.69. The molecule has 156 valence electrons. The summed E-state index contributed by atoms with van der Waals surface area (Å²) < 4.78 is 18.7. The van der Waals surface area contributed by atoms with Crippen LogP contribution in [0, 0.1) is 19.7 Å². The summed E-state index contributed by atoms with van der Waals surface area (Å²) >= 11 is 0. The largest absolute Gasteiger partial charge is 0.491 e. The second-order valence-electron chi connectivity index (χ2n) is 7.84. The summed E-state index contributed by atoms with van der Waals surface area (Å²) in [6.45, 7) is 6.45. The zero-order chi connectivity index (χ0) is 20.8. The van der Waals surface area contributed by atoms with Crippen LogP contribution in [0.3, 0.4) is 0 Å². The number of benzene rings is 2. The van der Waals surface area contributed by atoms with Crippen LogP contribution < -0.4 is 10.1 Å². The van der Waals surface area contributed by atoms with Crippen LogP contribution in [0.2, 0.25) is 0 Å². The molecule has 0 bridgehead atoms. The molecule has 5 nitrogen and oxygen atoms in total. The highest BCUT2D eigenvalue weighted by Gasteiger charge is 2.23. The monoisotopic (exact) mass is 400 g/mol. The predicted octanol–water partition coefficient (Wildman–Crippen LogP) is 3.08. The second-order valence-corrected chi connectivity index (χ2v) is 7.84. The quantitative estimate of drug-likeness (QED) is 0.750. The average Bonchev–Trinajstić information content (AvgIpc) is 2.68. The Labute approximate surface area is 171 Å². The van der Waals surface area contributed by atoms with Gasteiger partial charge in [0.2, 0.25) is 0 Å². The summed E-state index contributed by atoms with van der Waals surface area (Å²) in [5, 5.41) is 13.3. The number of nitrogens with zero attached hydrogens (tertiary/aromatic N) is 1. The molecule has 1 amide bonds. The normalized spacial score (nSPS) is 16.4. The Balaban J connectivity index is 1.38. The van der Waals surface area contributed by atoms with Gasteiger partial charge in [-0.2, -0.15) is 0 Å². The molecule has 0 radical (unpaired) electrons. The maximum Gasteiger partial charge on any atom is 0.251 e. The van der Waals surface area contributed by atoms with Gasteiger partial charge >= 0.3 is 0 Å². The number of aryl methyl sites for hydroxylation is 2. The lowest BCUT2D eigenvalue weighted by Crippen LogP contribution is -2.47. The van der Waals surface area contributed by atoms with E-state index in [1.165, 1.54) is 24.3 Å². The van der Waals surface area contributed by atoms with Gasteiger partial charge in [0, 0.05) is 31.2 Å². The zero-order valence-electron chi connectivity index (χ0n) is 17.0. The standard InChI is InChI=1S/C23H29FN2O3/c1-16-11-17(2)13-22(12-16)29-15-21(27)14-26-9-7-20(8-10-26)25-23(28)18-3-5-19(24)6-4-18/h3-6,11-13,20-21,27H,7-10,14-15H2,1-2H3,(H,25,28)/t21-/m0/s1. The number of amides is 1. The number of likely N-dealkylation sites (tertiary alicyclic amines) is 1. The highest BCUT2D eigenvalue weighted by Crippen LogP contribution is 2.17. The molecule has 0 unspecified atom stereocenters.